The molecule has 7 rings (SSSR count). The van der Waals surface area contributed by atoms with Gasteiger partial charge >= 0.3 is 0 Å². The minimum Gasteiger partial charge on any atom is -0.488 e. The third-order valence-corrected chi connectivity index (χ3v) is 10.9. The standard InChI is InChI=1S/C35H42N4O3S/c1-23-3-10-33(30(15-23)32-22-43-35(36-32)39-18-27-8-9-28(19-39)31(27)20-40)42-21-29-5-4-25(16-24(29)2)17-37-11-13-38(14-12-37)34(41)26-6-7-26/h3-5,10,15-16,20,22,26-28,31H,6-9,11-14,17-19,21H2,1-2H3. The van der Waals surface area contributed by atoms with Gasteiger partial charge in [0.05, 0.1) is 5.69 Å². The fourth-order valence-electron chi connectivity index (χ4n) is 7.29. The number of aromatic nitrogens is 1. The molecule has 4 fully saturated rings. The summed E-state index contributed by atoms with van der Waals surface area (Å²) in [4.78, 5) is 36.0. The van der Waals surface area contributed by atoms with Crippen molar-refractivity contribution >= 4 is 28.7 Å². The summed E-state index contributed by atoms with van der Waals surface area (Å²) in [5, 5.41) is 3.19. The third-order valence-electron chi connectivity index (χ3n) is 10.0. The summed E-state index contributed by atoms with van der Waals surface area (Å²) in [6.07, 6.45) is 5.66. The lowest BCUT2D eigenvalue weighted by atomic mass is 9.87. The molecule has 4 aliphatic rings. The van der Waals surface area contributed by atoms with Crippen molar-refractivity contribution in [2.75, 3.05) is 44.2 Å². The predicted octanol–water partition coefficient (Wildman–Crippen LogP) is 5.72. The Balaban J connectivity index is 0.984. The number of aldehydes is 1. The zero-order chi connectivity index (χ0) is 29.5. The van der Waals surface area contributed by atoms with E-state index in [-0.39, 0.29) is 5.92 Å². The van der Waals surface area contributed by atoms with Crippen LogP contribution in [-0.4, -0.2) is 66.2 Å². The highest BCUT2D eigenvalue weighted by Crippen LogP contribution is 2.43. The van der Waals surface area contributed by atoms with Gasteiger partial charge in [0, 0.05) is 68.6 Å². The molecule has 7 nitrogen and oxygen atoms in total. The SMILES string of the molecule is Cc1ccc(OCc2ccc(CN3CCN(C(=O)C4CC4)CC3)cc2C)c(-c2csc(N3CC4CCC(C3)C4C=O)n2)c1. The molecule has 3 aromatic rings. The molecule has 1 amide bonds. The smallest absolute Gasteiger partial charge is 0.225 e. The van der Waals surface area contributed by atoms with E-state index in [2.05, 4.69) is 70.3 Å². The van der Waals surface area contributed by atoms with Crippen molar-refractivity contribution in [3.05, 3.63) is 64.0 Å². The van der Waals surface area contributed by atoms with Gasteiger partial charge in [-0.15, -0.1) is 11.3 Å². The number of aryl methyl sites for hydroxylation is 2. The molecule has 2 saturated carbocycles. The Hall–Kier alpha value is -3.23. The monoisotopic (exact) mass is 598 g/mol. The van der Waals surface area contributed by atoms with Gasteiger partial charge in [0.1, 0.15) is 18.6 Å². The van der Waals surface area contributed by atoms with E-state index in [1.807, 2.05) is 0 Å². The van der Waals surface area contributed by atoms with E-state index >= 15 is 0 Å². The molecular formula is C35H42N4O3S. The maximum absolute atomic E-state index is 12.4. The highest BCUT2D eigenvalue weighted by atomic mass is 32.1. The van der Waals surface area contributed by atoms with Crippen LogP contribution in [0.4, 0.5) is 5.13 Å². The van der Waals surface area contributed by atoms with Crippen LogP contribution in [0.5, 0.6) is 5.75 Å². The first-order valence-corrected chi connectivity index (χ1v) is 16.8. The quantitative estimate of drug-likeness (QED) is 0.294. The normalized spacial score (nSPS) is 23.9. The van der Waals surface area contributed by atoms with Crippen molar-refractivity contribution in [2.24, 2.45) is 23.7 Å². The molecule has 0 radical (unpaired) electrons. The Bertz CT molecular complexity index is 1480. The van der Waals surface area contributed by atoms with Gasteiger partial charge in [-0.2, -0.15) is 0 Å². The number of fused-ring (bicyclic) bond motifs is 2. The second-order valence-corrected chi connectivity index (χ2v) is 14.0. The number of ether oxygens (including phenoxy) is 1. The Kier molecular flexibility index (Phi) is 7.99. The minimum atomic E-state index is 0.226. The molecule has 0 N–H and O–H groups in total. The van der Waals surface area contributed by atoms with Gasteiger partial charge in [-0.25, -0.2) is 4.98 Å². The molecule has 2 aliphatic heterocycles. The minimum absolute atomic E-state index is 0.226. The number of carbonyl (C=O) groups excluding carboxylic acids is 2. The molecule has 2 unspecified atom stereocenters. The summed E-state index contributed by atoms with van der Waals surface area (Å²) in [5.74, 6) is 2.68. The van der Waals surface area contributed by atoms with Crippen LogP contribution in [0.1, 0.15) is 47.9 Å². The molecule has 0 spiro atoms. The fourth-order valence-corrected chi connectivity index (χ4v) is 8.14. The predicted molar refractivity (Wildman–Crippen MR) is 170 cm³/mol. The lowest BCUT2D eigenvalue weighted by Crippen LogP contribution is -2.48. The number of benzene rings is 2. The van der Waals surface area contributed by atoms with Crippen molar-refractivity contribution < 1.29 is 14.3 Å². The van der Waals surface area contributed by atoms with Crippen LogP contribution < -0.4 is 9.64 Å². The average molecular weight is 599 g/mol. The van der Waals surface area contributed by atoms with Gasteiger partial charge in [0.25, 0.3) is 0 Å². The maximum atomic E-state index is 12.4. The Labute approximate surface area is 258 Å². The van der Waals surface area contributed by atoms with E-state index in [0.29, 0.717) is 30.3 Å². The number of hydrogen-bond donors (Lipinski definition) is 0. The lowest BCUT2D eigenvalue weighted by Gasteiger charge is -2.35. The Morgan fingerprint density at radius 1 is 1.00 bits per heavy atom. The van der Waals surface area contributed by atoms with Gasteiger partial charge in [-0.05, 0) is 80.2 Å². The first-order chi connectivity index (χ1) is 20.9. The number of rotatable bonds is 9. The topological polar surface area (TPSA) is 66.0 Å². The van der Waals surface area contributed by atoms with Crippen LogP contribution in [-0.2, 0) is 22.7 Å². The van der Waals surface area contributed by atoms with Gasteiger partial charge in [0.15, 0.2) is 5.13 Å². The second-order valence-electron chi connectivity index (χ2n) is 13.2. The maximum Gasteiger partial charge on any atom is 0.225 e. The summed E-state index contributed by atoms with van der Waals surface area (Å²) in [6, 6.07) is 13.0. The fraction of sp³-hybridized carbons (Fsp3) is 0.514. The Morgan fingerprint density at radius 2 is 1.77 bits per heavy atom. The van der Waals surface area contributed by atoms with Crippen molar-refractivity contribution in [3.8, 4) is 17.0 Å². The van der Waals surface area contributed by atoms with Crippen LogP contribution in [0, 0.1) is 37.5 Å². The second kappa shape index (κ2) is 12.0. The number of piperidine rings is 1. The van der Waals surface area contributed by atoms with E-state index in [0.717, 1.165) is 93.6 Å². The molecule has 2 saturated heterocycles. The summed E-state index contributed by atoms with van der Waals surface area (Å²) in [6.45, 7) is 11.1. The van der Waals surface area contributed by atoms with Gasteiger partial charge in [-0.3, -0.25) is 9.69 Å². The molecule has 43 heavy (non-hydrogen) atoms. The molecule has 3 heterocycles. The van der Waals surface area contributed by atoms with Gasteiger partial charge < -0.3 is 19.3 Å². The zero-order valence-electron chi connectivity index (χ0n) is 25.3. The first-order valence-electron chi connectivity index (χ1n) is 15.9. The highest BCUT2D eigenvalue weighted by molar-refractivity contribution is 7.14. The third kappa shape index (κ3) is 6.09. The van der Waals surface area contributed by atoms with Crippen molar-refractivity contribution in [2.45, 2.75) is 52.7 Å². The number of nitrogens with zero attached hydrogens (tertiary/aromatic N) is 4. The largest absolute Gasteiger partial charge is 0.488 e. The number of piperazine rings is 1. The van der Waals surface area contributed by atoms with E-state index < -0.39 is 0 Å². The van der Waals surface area contributed by atoms with E-state index in [4.69, 9.17) is 9.72 Å². The summed E-state index contributed by atoms with van der Waals surface area (Å²) in [7, 11) is 0. The number of amides is 1. The zero-order valence-corrected chi connectivity index (χ0v) is 26.2. The number of carbonyl (C=O) groups is 2. The van der Waals surface area contributed by atoms with Crippen LogP contribution in [0.3, 0.4) is 0 Å². The van der Waals surface area contributed by atoms with E-state index in [9.17, 15) is 9.59 Å². The summed E-state index contributed by atoms with van der Waals surface area (Å²) in [5.41, 5.74) is 6.89. The molecule has 2 aromatic carbocycles. The van der Waals surface area contributed by atoms with E-state index in [1.54, 1.807) is 11.3 Å². The molecule has 2 aliphatic carbocycles. The van der Waals surface area contributed by atoms with Crippen molar-refractivity contribution in [1.82, 2.24) is 14.8 Å². The molecule has 8 heteroatoms. The molecule has 2 bridgehead atoms. The number of anilines is 1. The van der Waals surface area contributed by atoms with Crippen LogP contribution in [0.2, 0.25) is 0 Å². The Morgan fingerprint density at radius 3 is 2.47 bits per heavy atom. The first kappa shape index (κ1) is 28.5. The molecule has 1 aromatic heterocycles. The van der Waals surface area contributed by atoms with Crippen LogP contribution in [0.25, 0.3) is 11.3 Å². The molecule has 226 valence electrons. The summed E-state index contributed by atoms with van der Waals surface area (Å²) >= 11 is 1.69. The van der Waals surface area contributed by atoms with Crippen molar-refractivity contribution in [1.29, 1.82) is 0 Å². The molecule has 2 atom stereocenters. The molecular weight excluding hydrogens is 556 g/mol. The van der Waals surface area contributed by atoms with Crippen LogP contribution in [0.15, 0.2) is 41.8 Å². The van der Waals surface area contributed by atoms with Gasteiger partial charge in [0.2, 0.25) is 5.91 Å². The lowest BCUT2D eigenvalue weighted by molar-refractivity contribution is -0.134. The van der Waals surface area contributed by atoms with Gasteiger partial charge in [-0.1, -0.05) is 29.8 Å². The van der Waals surface area contributed by atoms with E-state index in [1.165, 1.54) is 28.5 Å². The van der Waals surface area contributed by atoms with Crippen LogP contribution >= 0.6 is 11.3 Å². The summed E-state index contributed by atoms with van der Waals surface area (Å²) < 4.78 is 6.45. The number of thiazole rings is 1. The van der Waals surface area contributed by atoms with Crippen molar-refractivity contribution in [3.63, 3.8) is 0 Å². The highest BCUT2D eigenvalue weighted by Gasteiger charge is 2.42. The number of hydrogen-bond acceptors (Lipinski definition) is 7. The average Bonchev–Trinajstić information content (AvgIpc) is 3.69.